The Hall–Kier alpha value is -4.04. The fraction of sp³-hybridized carbons (Fsp3) is 0.120. The van der Waals surface area contributed by atoms with Gasteiger partial charge in [-0.15, -0.1) is 11.3 Å². The van der Waals surface area contributed by atoms with Crippen molar-refractivity contribution < 1.29 is 0 Å². The molecule has 0 unspecified atom stereocenters. The van der Waals surface area contributed by atoms with Crippen molar-refractivity contribution in [1.82, 2.24) is 30.1 Å². The monoisotopic (exact) mass is 451 g/mol. The fourth-order valence-electron chi connectivity index (χ4n) is 4.00. The molecule has 0 radical (unpaired) electrons. The minimum absolute atomic E-state index is 0.653. The standard InChI is InChI=1S/C25H21N7S/c1-14-7-8-21(33-14)18-5-4-6-20-22(18)29-25(28-20)23-19-10-16(12-27-24(19)31-30-23)15-9-17(32(2)3)13-26-11-15/h4-13H,1-3H3,(H,28,29)(H,27,30,31). The summed E-state index contributed by atoms with van der Waals surface area (Å²) in [6.07, 6.45) is 5.53. The molecule has 0 aliphatic heterocycles. The van der Waals surface area contributed by atoms with Crippen LogP contribution in [0.1, 0.15) is 4.88 Å². The van der Waals surface area contributed by atoms with Crippen molar-refractivity contribution in [2.24, 2.45) is 0 Å². The van der Waals surface area contributed by atoms with Crippen LogP contribution in [0.4, 0.5) is 5.69 Å². The lowest BCUT2D eigenvalue weighted by Crippen LogP contribution is -2.08. The Bertz CT molecular complexity index is 1620. The minimum atomic E-state index is 0.653. The molecular weight excluding hydrogens is 430 g/mol. The molecule has 0 aliphatic rings. The lowest BCUT2D eigenvalue weighted by Gasteiger charge is -2.12. The van der Waals surface area contributed by atoms with Crippen molar-refractivity contribution in [2.45, 2.75) is 6.92 Å². The molecule has 0 fully saturated rings. The van der Waals surface area contributed by atoms with E-state index in [1.165, 1.54) is 9.75 Å². The number of H-pyrrole nitrogens is 2. The Balaban J connectivity index is 1.48. The molecule has 5 heterocycles. The van der Waals surface area contributed by atoms with Gasteiger partial charge < -0.3 is 9.88 Å². The molecule has 6 rings (SSSR count). The Morgan fingerprint density at radius 1 is 0.970 bits per heavy atom. The van der Waals surface area contributed by atoms with E-state index in [-0.39, 0.29) is 0 Å². The van der Waals surface area contributed by atoms with E-state index < -0.39 is 0 Å². The molecule has 1 aromatic carbocycles. The second kappa shape index (κ2) is 7.53. The van der Waals surface area contributed by atoms with Gasteiger partial charge in [-0.05, 0) is 37.3 Å². The van der Waals surface area contributed by atoms with E-state index in [4.69, 9.17) is 4.98 Å². The van der Waals surface area contributed by atoms with Crippen LogP contribution in [0.3, 0.4) is 0 Å². The van der Waals surface area contributed by atoms with E-state index in [0.29, 0.717) is 5.65 Å². The summed E-state index contributed by atoms with van der Waals surface area (Å²) in [4.78, 5) is 21.9. The molecular formula is C25H21N7S. The van der Waals surface area contributed by atoms with Crippen LogP contribution in [0.5, 0.6) is 0 Å². The van der Waals surface area contributed by atoms with Crippen LogP contribution in [0, 0.1) is 6.92 Å². The average Bonchev–Trinajstić information content (AvgIpc) is 3.55. The largest absolute Gasteiger partial charge is 0.376 e. The first-order valence-corrected chi connectivity index (χ1v) is 11.4. The third-order valence-corrected chi connectivity index (χ3v) is 6.77. The van der Waals surface area contributed by atoms with E-state index in [2.05, 4.69) is 74.5 Å². The number of fused-ring (bicyclic) bond motifs is 2. The van der Waals surface area contributed by atoms with Gasteiger partial charge in [0.1, 0.15) is 5.69 Å². The number of nitrogens with zero attached hydrogens (tertiary/aromatic N) is 5. The Morgan fingerprint density at radius 2 is 1.85 bits per heavy atom. The molecule has 7 nitrogen and oxygen atoms in total. The van der Waals surface area contributed by atoms with Crippen molar-refractivity contribution in [1.29, 1.82) is 0 Å². The first-order valence-electron chi connectivity index (χ1n) is 10.6. The highest BCUT2D eigenvalue weighted by Gasteiger charge is 2.16. The molecule has 5 aromatic heterocycles. The summed E-state index contributed by atoms with van der Waals surface area (Å²) in [5.74, 6) is 0.743. The Morgan fingerprint density at radius 3 is 2.67 bits per heavy atom. The van der Waals surface area contributed by atoms with Gasteiger partial charge in [-0.1, -0.05) is 12.1 Å². The van der Waals surface area contributed by atoms with Crippen molar-refractivity contribution in [3.8, 4) is 33.1 Å². The first-order chi connectivity index (χ1) is 16.1. The van der Waals surface area contributed by atoms with Crippen LogP contribution in [0.2, 0.25) is 0 Å². The summed E-state index contributed by atoms with van der Waals surface area (Å²) in [7, 11) is 4.01. The summed E-state index contributed by atoms with van der Waals surface area (Å²) < 4.78 is 0. The Kier molecular flexibility index (Phi) is 4.48. The third kappa shape index (κ3) is 3.35. The van der Waals surface area contributed by atoms with Crippen LogP contribution >= 0.6 is 11.3 Å². The highest BCUT2D eigenvalue weighted by atomic mass is 32.1. The summed E-state index contributed by atoms with van der Waals surface area (Å²) in [5, 5.41) is 8.46. The molecule has 8 heteroatoms. The zero-order valence-corrected chi connectivity index (χ0v) is 19.2. The van der Waals surface area contributed by atoms with Gasteiger partial charge in [0.05, 0.1) is 28.3 Å². The lowest BCUT2D eigenvalue weighted by molar-refractivity contribution is 1.09. The van der Waals surface area contributed by atoms with Gasteiger partial charge in [0.25, 0.3) is 0 Å². The zero-order valence-electron chi connectivity index (χ0n) is 18.4. The number of aromatic nitrogens is 6. The highest BCUT2D eigenvalue weighted by Crippen LogP contribution is 2.35. The van der Waals surface area contributed by atoms with Crippen molar-refractivity contribution in [3.63, 3.8) is 0 Å². The smallest absolute Gasteiger partial charge is 0.181 e. The normalized spacial score (nSPS) is 11.5. The number of benzene rings is 1. The molecule has 0 bridgehead atoms. The molecule has 162 valence electrons. The van der Waals surface area contributed by atoms with Crippen LogP contribution < -0.4 is 4.90 Å². The number of hydrogen-bond donors (Lipinski definition) is 2. The van der Waals surface area contributed by atoms with Crippen molar-refractivity contribution in [2.75, 3.05) is 19.0 Å². The molecule has 0 amide bonds. The minimum Gasteiger partial charge on any atom is -0.376 e. The molecule has 0 atom stereocenters. The number of nitrogens with one attached hydrogen (secondary N) is 2. The second-order valence-corrected chi connectivity index (χ2v) is 9.51. The lowest BCUT2D eigenvalue weighted by atomic mass is 10.1. The van der Waals surface area contributed by atoms with Crippen LogP contribution in [-0.4, -0.2) is 44.2 Å². The number of pyridine rings is 2. The van der Waals surface area contributed by atoms with Gasteiger partial charge in [0.15, 0.2) is 11.5 Å². The number of aryl methyl sites for hydroxylation is 1. The van der Waals surface area contributed by atoms with Gasteiger partial charge in [-0.2, -0.15) is 5.10 Å². The fourth-order valence-corrected chi connectivity index (χ4v) is 4.89. The second-order valence-electron chi connectivity index (χ2n) is 8.22. The van der Waals surface area contributed by atoms with Crippen LogP contribution in [0.15, 0.2) is 61.1 Å². The number of rotatable bonds is 4. The summed E-state index contributed by atoms with van der Waals surface area (Å²) >= 11 is 1.77. The third-order valence-electron chi connectivity index (χ3n) is 5.74. The Labute approximate surface area is 194 Å². The van der Waals surface area contributed by atoms with Crippen molar-refractivity contribution in [3.05, 3.63) is 65.9 Å². The van der Waals surface area contributed by atoms with Gasteiger partial charge in [-0.3, -0.25) is 10.1 Å². The number of anilines is 1. The summed E-state index contributed by atoms with van der Waals surface area (Å²) in [6, 6.07) is 14.7. The highest BCUT2D eigenvalue weighted by molar-refractivity contribution is 7.15. The van der Waals surface area contributed by atoms with E-state index in [1.807, 2.05) is 37.6 Å². The van der Waals surface area contributed by atoms with Gasteiger partial charge in [-0.25, -0.2) is 9.97 Å². The SMILES string of the molecule is Cc1ccc(-c2cccc3[nH]c(-c4[nH]nc5ncc(-c6cncc(N(C)C)c6)cc45)nc23)s1. The summed E-state index contributed by atoms with van der Waals surface area (Å²) in [5.41, 5.74) is 7.55. The molecule has 0 spiro atoms. The number of thiophene rings is 1. The van der Waals surface area contributed by atoms with E-state index >= 15 is 0 Å². The van der Waals surface area contributed by atoms with E-state index in [1.54, 1.807) is 11.3 Å². The molecule has 0 saturated carbocycles. The van der Waals surface area contributed by atoms with Crippen LogP contribution in [-0.2, 0) is 0 Å². The van der Waals surface area contributed by atoms with Crippen molar-refractivity contribution >= 4 is 39.1 Å². The topological polar surface area (TPSA) is 86.4 Å². The van der Waals surface area contributed by atoms with E-state index in [9.17, 15) is 0 Å². The van der Waals surface area contributed by atoms with Crippen LogP contribution in [0.25, 0.3) is 55.2 Å². The predicted octanol–water partition coefficient (Wildman–Crippen LogP) is 5.67. The average molecular weight is 452 g/mol. The molecule has 2 N–H and O–H groups in total. The quantitative estimate of drug-likeness (QED) is 0.361. The first kappa shape index (κ1) is 19.6. The number of aromatic amines is 2. The zero-order chi connectivity index (χ0) is 22.5. The maximum absolute atomic E-state index is 4.96. The molecule has 33 heavy (non-hydrogen) atoms. The maximum atomic E-state index is 4.96. The summed E-state index contributed by atoms with van der Waals surface area (Å²) in [6.45, 7) is 2.12. The number of para-hydroxylation sites is 1. The number of hydrogen-bond acceptors (Lipinski definition) is 6. The van der Waals surface area contributed by atoms with Gasteiger partial charge in [0.2, 0.25) is 0 Å². The molecule has 6 aromatic rings. The maximum Gasteiger partial charge on any atom is 0.181 e. The molecule has 0 aliphatic carbocycles. The van der Waals surface area contributed by atoms with Gasteiger partial charge >= 0.3 is 0 Å². The van der Waals surface area contributed by atoms with E-state index in [0.717, 1.165) is 50.3 Å². The number of imidazole rings is 1. The molecule has 0 saturated heterocycles. The predicted molar refractivity (Wildman–Crippen MR) is 135 cm³/mol. The van der Waals surface area contributed by atoms with Gasteiger partial charge in [0, 0.05) is 52.9 Å².